The number of hydrogen-bond acceptors (Lipinski definition) is 2. The minimum absolute atomic E-state index is 0.251. The predicted molar refractivity (Wildman–Crippen MR) is 48.9 cm³/mol. The fourth-order valence-corrected chi connectivity index (χ4v) is 1.57. The first-order chi connectivity index (χ1) is 5.63. The molecular weight excluding hydrogens is 152 g/mol. The molecule has 1 unspecified atom stereocenters. The first-order valence-electron chi connectivity index (χ1n) is 4.16. The van der Waals surface area contributed by atoms with Gasteiger partial charge in [0.2, 0.25) is 6.41 Å². The lowest BCUT2D eigenvalue weighted by Crippen LogP contribution is -2.42. The smallest absolute Gasteiger partial charge is 0.209 e. The monoisotopic (exact) mass is 168 g/mol. The molecule has 68 valence electrons. The molecule has 0 radical (unpaired) electrons. The van der Waals surface area contributed by atoms with Gasteiger partial charge in [-0.2, -0.15) is 0 Å². The molecule has 0 aliphatic carbocycles. The Balaban J connectivity index is 2.66. The Morgan fingerprint density at radius 1 is 1.75 bits per heavy atom. The molecule has 1 aliphatic heterocycles. The molecule has 0 bridgehead atoms. The average molecular weight is 168 g/mol. The molecule has 0 fully saturated rings. The van der Waals surface area contributed by atoms with E-state index in [9.17, 15) is 4.79 Å². The zero-order valence-corrected chi connectivity index (χ0v) is 7.95. The maximum absolute atomic E-state index is 10.5. The topological polar surface area (TPSA) is 23.6 Å². The number of carbonyl (C=O) groups is 1. The fraction of sp³-hybridized carbons (Fsp3) is 0.667. The summed E-state index contributed by atoms with van der Waals surface area (Å²) >= 11 is 0. The summed E-state index contributed by atoms with van der Waals surface area (Å²) in [4.78, 5) is 14.4. The van der Waals surface area contributed by atoms with Crippen molar-refractivity contribution in [1.82, 2.24) is 9.80 Å². The first kappa shape index (κ1) is 9.26. The van der Waals surface area contributed by atoms with E-state index in [0.29, 0.717) is 0 Å². The minimum atomic E-state index is 0.251. The van der Waals surface area contributed by atoms with Crippen LogP contribution in [0.5, 0.6) is 0 Å². The van der Waals surface area contributed by atoms with Gasteiger partial charge >= 0.3 is 0 Å². The first-order valence-corrected chi connectivity index (χ1v) is 4.16. The van der Waals surface area contributed by atoms with Crippen molar-refractivity contribution >= 4 is 6.41 Å². The third-order valence-corrected chi connectivity index (χ3v) is 2.18. The third kappa shape index (κ3) is 2.08. The summed E-state index contributed by atoms with van der Waals surface area (Å²) in [6.07, 6.45) is 3.04. The van der Waals surface area contributed by atoms with Crippen molar-refractivity contribution in [3.05, 3.63) is 11.6 Å². The Morgan fingerprint density at radius 3 is 2.92 bits per heavy atom. The largest absolute Gasteiger partial charge is 0.341 e. The van der Waals surface area contributed by atoms with Crippen molar-refractivity contribution in [2.45, 2.75) is 13.0 Å². The summed E-state index contributed by atoms with van der Waals surface area (Å²) in [5.74, 6) is 0. The van der Waals surface area contributed by atoms with Crippen LogP contribution in [0.1, 0.15) is 6.92 Å². The Bertz CT molecular complexity index is 201. The summed E-state index contributed by atoms with van der Waals surface area (Å²) in [5, 5.41) is 0. The number of carbonyl (C=O) groups excluding carboxylic acids is 1. The summed E-state index contributed by atoms with van der Waals surface area (Å²) < 4.78 is 0. The Hall–Kier alpha value is -0.830. The second-order valence-electron chi connectivity index (χ2n) is 3.55. The average Bonchev–Trinajstić information content (AvgIpc) is 2.01. The maximum Gasteiger partial charge on any atom is 0.209 e. The van der Waals surface area contributed by atoms with Gasteiger partial charge in [0.15, 0.2) is 0 Å². The summed E-state index contributed by atoms with van der Waals surface area (Å²) in [7, 11) is 3.89. The summed E-state index contributed by atoms with van der Waals surface area (Å²) in [6, 6.07) is 0.251. The standard InChI is InChI=1S/C9H16N2O/c1-8-4-9(11(3)7-12)6-10(2)5-8/h4,7,9H,5-6H2,1-3H3. The maximum atomic E-state index is 10.5. The second kappa shape index (κ2) is 3.72. The highest BCUT2D eigenvalue weighted by Crippen LogP contribution is 2.10. The molecule has 0 saturated carbocycles. The third-order valence-electron chi connectivity index (χ3n) is 2.18. The van der Waals surface area contributed by atoms with Gasteiger partial charge in [0.25, 0.3) is 0 Å². The molecule has 12 heavy (non-hydrogen) atoms. The number of nitrogens with zero attached hydrogens (tertiary/aromatic N) is 2. The van der Waals surface area contributed by atoms with Crippen LogP contribution in [0.3, 0.4) is 0 Å². The van der Waals surface area contributed by atoms with Crippen molar-refractivity contribution in [1.29, 1.82) is 0 Å². The molecule has 1 amide bonds. The lowest BCUT2D eigenvalue weighted by Gasteiger charge is -2.31. The zero-order valence-electron chi connectivity index (χ0n) is 7.95. The molecule has 3 nitrogen and oxygen atoms in total. The fourth-order valence-electron chi connectivity index (χ4n) is 1.57. The molecule has 1 atom stereocenters. The van der Waals surface area contributed by atoms with Crippen LogP contribution in [0.2, 0.25) is 0 Å². The number of likely N-dealkylation sites (N-methyl/N-ethyl adjacent to an activating group) is 2. The lowest BCUT2D eigenvalue weighted by molar-refractivity contribution is -0.118. The normalized spacial score (nSPS) is 24.9. The highest BCUT2D eigenvalue weighted by Gasteiger charge is 2.17. The molecule has 1 rings (SSSR count). The molecular formula is C9H16N2O. The van der Waals surface area contributed by atoms with E-state index in [1.54, 1.807) is 4.90 Å². The zero-order chi connectivity index (χ0) is 9.14. The Kier molecular flexibility index (Phi) is 2.87. The number of amides is 1. The van der Waals surface area contributed by atoms with Crippen LogP contribution in [0, 0.1) is 0 Å². The van der Waals surface area contributed by atoms with Crippen LogP contribution in [0.4, 0.5) is 0 Å². The van der Waals surface area contributed by atoms with Crippen LogP contribution in [-0.2, 0) is 4.79 Å². The Labute approximate surface area is 73.6 Å². The van der Waals surface area contributed by atoms with Crippen molar-refractivity contribution in [3.63, 3.8) is 0 Å². The van der Waals surface area contributed by atoms with Crippen molar-refractivity contribution in [2.75, 3.05) is 27.2 Å². The number of rotatable bonds is 2. The van der Waals surface area contributed by atoms with E-state index in [1.807, 2.05) is 7.05 Å². The van der Waals surface area contributed by atoms with Crippen molar-refractivity contribution in [2.24, 2.45) is 0 Å². The minimum Gasteiger partial charge on any atom is -0.341 e. The van der Waals surface area contributed by atoms with E-state index in [0.717, 1.165) is 19.5 Å². The summed E-state index contributed by atoms with van der Waals surface area (Å²) in [6.45, 7) is 4.05. The SMILES string of the molecule is CC1=CC(N(C)C=O)CN(C)C1. The van der Waals surface area contributed by atoms with Crippen LogP contribution < -0.4 is 0 Å². The van der Waals surface area contributed by atoms with E-state index < -0.39 is 0 Å². The van der Waals surface area contributed by atoms with E-state index in [-0.39, 0.29) is 6.04 Å². The van der Waals surface area contributed by atoms with E-state index in [1.165, 1.54) is 5.57 Å². The second-order valence-corrected chi connectivity index (χ2v) is 3.55. The highest BCUT2D eigenvalue weighted by atomic mass is 16.1. The molecule has 0 N–H and O–H groups in total. The van der Waals surface area contributed by atoms with Gasteiger partial charge < -0.3 is 9.80 Å². The van der Waals surface area contributed by atoms with Crippen molar-refractivity contribution < 1.29 is 4.79 Å². The molecule has 1 heterocycles. The van der Waals surface area contributed by atoms with Gasteiger partial charge in [0.1, 0.15) is 0 Å². The van der Waals surface area contributed by atoms with Gasteiger partial charge in [-0.15, -0.1) is 0 Å². The van der Waals surface area contributed by atoms with Gasteiger partial charge in [-0.05, 0) is 14.0 Å². The van der Waals surface area contributed by atoms with Crippen LogP contribution in [0.25, 0.3) is 0 Å². The van der Waals surface area contributed by atoms with E-state index >= 15 is 0 Å². The summed E-state index contributed by atoms with van der Waals surface area (Å²) in [5.41, 5.74) is 1.34. The van der Waals surface area contributed by atoms with Gasteiger partial charge in [0.05, 0.1) is 6.04 Å². The molecule has 0 aromatic rings. The van der Waals surface area contributed by atoms with Gasteiger partial charge in [-0.3, -0.25) is 4.79 Å². The molecule has 0 aromatic heterocycles. The van der Waals surface area contributed by atoms with Crippen molar-refractivity contribution in [3.8, 4) is 0 Å². The number of hydrogen-bond donors (Lipinski definition) is 0. The van der Waals surface area contributed by atoms with Crippen LogP contribution in [-0.4, -0.2) is 49.4 Å². The molecule has 3 heteroatoms. The molecule has 1 aliphatic rings. The highest BCUT2D eigenvalue weighted by molar-refractivity contribution is 5.48. The molecule has 0 spiro atoms. The lowest BCUT2D eigenvalue weighted by atomic mass is 10.1. The van der Waals surface area contributed by atoms with Gasteiger partial charge in [-0.1, -0.05) is 11.6 Å². The van der Waals surface area contributed by atoms with Crippen LogP contribution >= 0.6 is 0 Å². The van der Waals surface area contributed by atoms with Crippen LogP contribution in [0.15, 0.2) is 11.6 Å². The predicted octanol–water partition coefficient (Wildman–Crippen LogP) is 0.335. The van der Waals surface area contributed by atoms with Gasteiger partial charge in [0, 0.05) is 20.1 Å². The Morgan fingerprint density at radius 2 is 2.42 bits per heavy atom. The van der Waals surface area contributed by atoms with E-state index in [4.69, 9.17) is 0 Å². The van der Waals surface area contributed by atoms with E-state index in [2.05, 4.69) is 24.9 Å². The van der Waals surface area contributed by atoms with Gasteiger partial charge in [-0.25, -0.2) is 0 Å². The quantitative estimate of drug-likeness (QED) is 0.438. The molecule has 0 aromatic carbocycles. The molecule has 0 saturated heterocycles.